The molecule has 0 bridgehead atoms. The van der Waals surface area contributed by atoms with Gasteiger partial charge in [0.2, 0.25) is 0 Å². The van der Waals surface area contributed by atoms with Crippen LogP contribution in [0.25, 0.3) is 0 Å². The molecule has 2 nitrogen and oxygen atoms in total. The highest BCUT2D eigenvalue weighted by Crippen LogP contribution is 2.30. The maximum atomic E-state index is 5.12. The number of hydrogen-bond donors (Lipinski definition) is 0. The van der Waals surface area contributed by atoms with Crippen molar-refractivity contribution in [2.24, 2.45) is 0 Å². The fourth-order valence-electron chi connectivity index (χ4n) is 1.34. The topological polar surface area (TPSA) is 18.5 Å². The van der Waals surface area contributed by atoms with Crippen molar-refractivity contribution in [3.8, 4) is 11.5 Å². The number of halogens is 1. The molecule has 0 spiro atoms. The van der Waals surface area contributed by atoms with Crippen LogP contribution in [-0.2, 0) is 0 Å². The van der Waals surface area contributed by atoms with Crippen molar-refractivity contribution in [2.75, 3.05) is 7.11 Å². The van der Waals surface area contributed by atoms with Gasteiger partial charge in [-0.25, -0.2) is 0 Å². The second kappa shape index (κ2) is 6.16. The van der Waals surface area contributed by atoms with Crippen LogP contribution in [0.3, 0.4) is 0 Å². The van der Waals surface area contributed by atoms with Crippen molar-refractivity contribution >= 4 is 34.8 Å². The summed E-state index contributed by atoms with van der Waals surface area (Å²) in [6.07, 6.45) is 0. The zero-order valence-electron chi connectivity index (χ0n) is 9.22. The molecule has 2 rings (SSSR count). The first-order valence-corrected chi connectivity index (χ1v) is 6.72. The standard InChI is InChI=1S/C13H11IO2S/c1-15-10-2-6-12(7-3-10)17-13-8-4-11(16-14)5-9-13/h2-9H,1H3. The molecule has 17 heavy (non-hydrogen) atoms. The Morgan fingerprint density at radius 3 is 1.71 bits per heavy atom. The summed E-state index contributed by atoms with van der Waals surface area (Å²) in [5.41, 5.74) is 0. The average Bonchev–Trinajstić information content (AvgIpc) is 2.40. The lowest BCUT2D eigenvalue weighted by atomic mass is 10.3. The molecular formula is C13H11IO2S. The van der Waals surface area contributed by atoms with E-state index in [1.165, 1.54) is 9.79 Å². The van der Waals surface area contributed by atoms with Crippen molar-refractivity contribution in [3.05, 3.63) is 48.5 Å². The van der Waals surface area contributed by atoms with Crippen LogP contribution in [0.4, 0.5) is 0 Å². The molecule has 4 heteroatoms. The van der Waals surface area contributed by atoms with E-state index in [1.54, 1.807) is 18.9 Å². The molecule has 0 radical (unpaired) electrons. The van der Waals surface area contributed by atoms with Crippen LogP contribution in [0.5, 0.6) is 11.5 Å². The fraction of sp³-hybridized carbons (Fsp3) is 0.0769. The number of methoxy groups -OCH3 is 1. The molecule has 0 saturated carbocycles. The molecule has 0 fully saturated rings. The van der Waals surface area contributed by atoms with Gasteiger partial charge in [-0.05, 0) is 48.5 Å². The first-order valence-electron chi connectivity index (χ1n) is 5.02. The van der Waals surface area contributed by atoms with Crippen LogP contribution in [0, 0.1) is 0 Å². The van der Waals surface area contributed by atoms with Gasteiger partial charge in [0, 0.05) is 9.79 Å². The van der Waals surface area contributed by atoms with Crippen LogP contribution >= 0.6 is 34.8 Å². The lowest BCUT2D eigenvalue weighted by Crippen LogP contribution is -1.81. The summed E-state index contributed by atoms with van der Waals surface area (Å²) in [5, 5.41) is 0. The lowest BCUT2D eigenvalue weighted by molar-refractivity contribution is 0.414. The van der Waals surface area contributed by atoms with Crippen molar-refractivity contribution in [1.82, 2.24) is 0 Å². The number of hydrogen-bond acceptors (Lipinski definition) is 3. The Bertz CT molecular complexity index is 422. The van der Waals surface area contributed by atoms with Gasteiger partial charge in [0.1, 0.15) is 11.5 Å². The quantitative estimate of drug-likeness (QED) is 0.746. The van der Waals surface area contributed by atoms with Crippen molar-refractivity contribution in [1.29, 1.82) is 0 Å². The third-order valence-corrected chi connectivity index (χ3v) is 3.73. The second-order valence-corrected chi connectivity index (χ2v) is 4.91. The molecule has 0 aliphatic carbocycles. The van der Waals surface area contributed by atoms with Crippen LogP contribution < -0.4 is 7.80 Å². The predicted octanol–water partition coefficient (Wildman–Crippen LogP) is 4.58. The third-order valence-electron chi connectivity index (χ3n) is 2.21. The normalized spacial score (nSPS) is 10.0. The van der Waals surface area contributed by atoms with Gasteiger partial charge in [-0.15, -0.1) is 0 Å². The van der Waals surface area contributed by atoms with E-state index in [1.807, 2.05) is 71.5 Å². The number of ether oxygens (including phenoxy) is 1. The van der Waals surface area contributed by atoms with Gasteiger partial charge in [-0.3, -0.25) is 0 Å². The van der Waals surface area contributed by atoms with Gasteiger partial charge < -0.3 is 7.80 Å². The predicted molar refractivity (Wildman–Crippen MR) is 78.2 cm³/mol. The van der Waals surface area contributed by atoms with Crippen molar-refractivity contribution < 1.29 is 7.80 Å². The van der Waals surface area contributed by atoms with E-state index in [0.717, 1.165) is 11.5 Å². The smallest absolute Gasteiger partial charge is 0.192 e. The van der Waals surface area contributed by atoms with Gasteiger partial charge in [0.15, 0.2) is 23.0 Å². The first kappa shape index (κ1) is 12.6. The summed E-state index contributed by atoms with van der Waals surface area (Å²) in [6, 6.07) is 16.0. The van der Waals surface area contributed by atoms with Gasteiger partial charge >= 0.3 is 0 Å². The fourth-order valence-corrected chi connectivity index (χ4v) is 2.45. The molecule has 88 valence electrons. The van der Waals surface area contributed by atoms with E-state index in [-0.39, 0.29) is 0 Å². The molecule has 0 saturated heterocycles. The van der Waals surface area contributed by atoms with E-state index in [4.69, 9.17) is 7.80 Å². The molecular weight excluding hydrogens is 347 g/mol. The van der Waals surface area contributed by atoms with Crippen LogP contribution in [-0.4, -0.2) is 7.11 Å². The Labute approximate surface area is 119 Å². The molecule has 0 N–H and O–H groups in total. The van der Waals surface area contributed by atoms with E-state index < -0.39 is 0 Å². The van der Waals surface area contributed by atoms with Gasteiger partial charge in [-0.1, -0.05) is 11.8 Å². The Kier molecular flexibility index (Phi) is 4.56. The maximum absolute atomic E-state index is 5.12. The Morgan fingerprint density at radius 1 is 0.824 bits per heavy atom. The van der Waals surface area contributed by atoms with Crippen molar-refractivity contribution in [3.63, 3.8) is 0 Å². The average molecular weight is 358 g/mol. The SMILES string of the molecule is COc1ccc(Sc2ccc(OI)cc2)cc1. The summed E-state index contributed by atoms with van der Waals surface area (Å²) in [7, 11) is 1.67. The molecule has 0 aliphatic heterocycles. The van der Waals surface area contributed by atoms with Gasteiger partial charge in [0.05, 0.1) is 7.11 Å². The zero-order chi connectivity index (χ0) is 12.1. The van der Waals surface area contributed by atoms with Crippen LogP contribution in [0.15, 0.2) is 58.3 Å². The molecule has 0 atom stereocenters. The van der Waals surface area contributed by atoms with Crippen molar-refractivity contribution in [2.45, 2.75) is 9.79 Å². The number of rotatable bonds is 4. The minimum atomic E-state index is 0.865. The van der Waals surface area contributed by atoms with E-state index in [0.29, 0.717) is 0 Å². The molecule has 0 aromatic heterocycles. The summed E-state index contributed by atoms with van der Waals surface area (Å²) in [6.45, 7) is 0. The zero-order valence-corrected chi connectivity index (χ0v) is 12.2. The lowest BCUT2D eigenvalue weighted by Gasteiger charge is -2.04. The minimum Gasteiger partial charge on any atom is -0.497 e. The van der Waals surface area contributed by atoms with Gasteiger partial charge in [-0.2, -0.15) is 0 Å². The Balaban J connectivity index is 2.08. The minimum absolute atomic E-state index is 0.865. The van der Waals surface area contributed by atoms with E-state index in [9.17, 15) is 0 Å². The summed E-state index contributed by atoms with van der Waals surface area (Å²) in [5.74, 6) is 1.74. The highest BCUT2D eigenvalue weighted by Gasteiger charge is 1.99. The third kappa shape index (κ3) is 3.54. The van der Waals surface area contributed by atoms with Crippen LogP contribution in [0.1, 0.15) is 0 Å². The maximum Gasteiger partial charge on any atom is 0.192 e. The molecule has 2 aromatic rings. The molecule has 0 heterocycles. The Morgan fingerprint density at radius 2 is 1.29 bits per heavy atom. The highest BCUT2D eigenvalue weighted by molar-refractivity contribution is 14.1. The van der Waals surface area contributed by atoms with E-state index >= 15 is 0 Å². The molecule has 2 aromatic carbocycles. The highest BCUT2D eigenvalue weighted by atomic mass is 127. The van der Waals surface area contributed by atoms with Crippen LogP contribution in [0.2, 0.25) is 0 Å². The summed E-state index contributed by atoms with van der Waals surface area (Å²) < 4.78 is 10.2. The Hall–Kier alpha value is -0.880. The number of benzene rings is 2. The monoisotopic (exact) mass is 358 g/mol. The second-order valence-electron chi connectivity index (χ2n) is 3.33. The summed E-state index contributed by atoms with van der Waals surface area (Å²) in [4.78, 5) is 2.38. The largest absolute Gasteiger partial charge is 0.497 e. The molecule has 0 amide bonds. The molecule has 0 unspecified atom stereocenters. The van der Waals surface area contributed by atoms with E-state index in [2.05, 4.69) is 0 Å². The first-order chi connectivity index (χ1) is 8.31. The van der Waals surface area contributed by atoms with Gasteiger partial charge in [0.25, 0.3) is 0 Å². The summed E-state index contributed by atoms with van der Waals surface area (Å²) >= 11 is 3.59. The molecule has 0 aliphatic rings.